The SMILES string of the molecule is C[C@H]1O[C@H](O[C@H]2CC[C@]3(CO)[C@H]4CC[C@]5(C)[C@H](C6=CC(=O)OC6)CC[C@]5(O)[C@@H]4CC[C@]3(O)C2)C[C@H](O)[C@H]1O[C@H]1OC[C@H](O)[C@@H](O)[C@H]1O. The average Bonchev–Trinajstić information content (AvgIpc) is 3.57. The molecule has 0 aromatic carbocycles. The molecule has 13 nitrogen and oxygen atoms in total. The Kier molecular flexibility index (Phi) is 8.90. The Bertz CT molecular complexity index is 1220. The van der Waals surface area contributed by atoms with Gasteiger partial charge >= 0.3 is 5.97 Å². The molecule has 2 saturated heterocycles. The van der Waals surface area contributed by atoms with Crippen molar-refractivity contribution in [3.05, 3.63) is 11.6 Å². The topological polar surface area (TPSA) is 205 Å². The highest BCUT2D eigenvalue weighted by Crippen LogP contribution is 2.70. The van der Waals surface area contributed by atoms with Gasteiger partial charge in [-0.25, -0.2) is 4.79 Å². The molecule has 47 heavy (non-hydrogen) atoms. The Balaban J connectivity index is 1.01. The highest BCUT2D eigenvalue weighted by molar-refractivity contribution is 5.85. The first-order chi connectivity index (χ1) is 22.2. The van der Waals surface area contributed by atoms with Crippen molar-refractivity contribution in [2.24, 2.45) is 28.6 Å². The van der Waals surface area contributed by atoms with E-state index >= 15 is 0 Å². The summed E-state index contributed by atoms with van der Waals surface area (Å²) >= 11 is 0. The molecule has 16 atom stereocenters. The van der Waals surface area contributed by atoms with E-state index in [1.807, 2.05) is 0 Å². The van der Waals surface area contributed by atoms with Crippen LogP contribution in [0.15, 0.2) is 11.6 Å². The minimum absolute atomic E-state index is 0.0629. The number of carbonyl (C=O) groups excluding carboxylic acids is 1. The molecule has 266 valence electrons. The van der Waals surface area contributed by atoms with Crippen molar-refractivity contribution in [1.82, 2.24) is 0 Å². The lowest BCUT2D eigenvalue weighted by atomic mass is 9.41. The lowest BCUT2D eigenvalue weighted by Crippen LogP contribution is -2.69. The Morgan fingerprint density at radius 2 is 1.70 bits per heavy atom. The van der Waals surface area contributed by atoms with Gasteiger partial charge < -0.3 is 59.4 Å². The summed E-state index contributed by atoms with van der Waals surface area (Å²) in [5.41, 5.74) is -2.41. The molecule has 3 aliphatic heterocycles. The van der Waals surface area contributed by atoms with E-state index in [1.54, 1.807) is 13.0 Å². The number of rotatable bonds is 6. The highest BCUT2D eigenvalue weighted by atomic mass is 16.7. The molecule has 4 aliphatic carbocycles. The molecule has 7 aliphatic rings. The number of aliphatic hydroxyl groups excluding tert-OH is 5. The maximum absolute atomic E-state index is 12.5. The van der Waals surface area contributed by atoms with Crippen LogP contribution in [-0.4, -0.2) is 128 Å². The molecule has 0 bridgehead atoms. The average molecular weight is 669 g/mol. The van der Waals surface area contributed by atoms with Crippen molar-refractivity contribution in [3.8, 4) is 0 Å². The van der Waals surface area contributed by atoms with E-state index in [-0.39, 0.29) is 56.1 Å². The molecule has 0 amide bonds. The van der Waals surface area contributed by atoms with E-state index in [4.69, 9.17) is 23.7 Å². The maximum atomic E-state index is 12.5. The van der Waals surface area contributed by atoms with Gasteiger partial charge in [-0.2, -0.15) is 0 Å². The van der Waals surface area contributed by atoms with E-state index in [0.29, 0.717) is 38.5 Å². The third kappa shape index (κ3) is 5.26. The number of hydrogen-bond donors (Lipinski definition) is 7. The minimum atomic E-state index is -1.49. The van der Waals surface area contributed by atoms with Crippen LogP contribution in [-0.2, 0) is 28.5 Å². The van der Waals surface area contributed by atoms with E-state index < -0.39 is 71.2 Å². The van der Waals surface area contributed by atoms with Crippen LogP contribution in [0, 0.1) is 28.6 Å². The third-order valence-corrected chi connectivity index (χ3v) is 13.8. The third-order valence-electron chi connectivity index (χ3n) is 13.8. The lowest BCUT2D eigenvalue weighted by molar-refractivity contribution is -0.332. The predicted molar refractivity (Wildman–Crippen MR) is 161 cm³/mol. The molecular weight excluding hydrogens is 616 g/mol. The fraction of sp³-hybridized carbons (Fsp3) is 0.912. The summed E-state index contributed by atoms with van der Waals surface area (Å²) in [7, 11) is 0. The van der Waals surface area contributed by atoms with Crippen molar-refractivity contribution >= 4 is 5.97 Å². The number of carbonyl (C=O) groups is 1. The summed E-state index contributed by atoms with van der Waals surface area (Å²) in [6.45, 7) is 3.74. The fourth-order valence-electron chi connectivity index (χ4n) is 11.2. The zero-order valence-corrected chi connectivity index (χ0v) is 27.3. The molecule has 7 N–H and O–H groups in total. The largest absolute Gasteiger partial charge is 0.458 e. The normalized spacial score (nSPS) is 54.7. The molecule has 3 heterocycles. The second-order valence-electron chi connectivity index (χ2n) is 15.8. The van der Waals surface area contributed by atoms with Crippen molar-refractivity contribution in [1.29, 1.82) is 0 Å². The van der Waals surface area contributed by atoms with Crippen molar-refractivity contribution in [3.63, 3.8) is 0 Å². The summed E-state index contributed by atoms with van der Waals surface area (Å²) in [4.78, 5) is 11.9. The molecule has 0 aromatic rings. The Labute approximate surface area is 274 Å². The zero-order chi connectivity index (χ0) is 33.5. The van der Waals surface area contributed by atoms with E-state index in [9.17, 15) is 40.5 Å². The Morgan fingerprint density at radius 3 is 2.40 bits per heavy atom. The standard InChI is InChI=1S/C34H52O13/c1-17-29(47-30-28(40)27(39)24(37)15-44-30)23(36)12-26(45-17)46-19-3-8-32(16-35)21-4-7-31(2)20(18-11-25(38)43-14-18)6-10-34(31,42)22(21)5-9-33(32,41)13-19/h11,17,19-24,26-30,35-37,39-42H,3-10,12-16H2,1-2H3/t17-,19+,20+,21+,22-,23+,24+,26-,27-,28-,29+,30-,31-,32+,33+,34+/m1/s1. The fourth-order valence-corrected chi connectivity index (χ4v) is 11.2. The monoisotopic (exact) mass is 668 g/mol. The van der Waals surface area contributed by atoms with Crippen LogP contribution in [0.25, 0.3) is 0 Å². The van der Waals surface area contributed by atoms with Crippen LogP contribution in [0.2, 0.25) is 0 Å². The molecular formula is C34H52O13. The predicted octanol–water partition coefficient (Wildman–Crippen LogP) is 0.0359. The van der Waals surface area contributed by atoms with Gasteiger partial charge in [-0.05, 0) is 81.6 Å². The number of fused-ring (bicyclic) bond motifs is 5. The van der Waals surface area contributed by atoms with Gasteiger partial charge in [0.2, 0.25) is 0 Å². The first kappa shape index (κ1) is 34.2. The van der Waals surface area contributed by atoms with E-state index in [2.05, 4.69) is 6.92 Å². The van der Waals surface area contributed by atoms with Crippen LogP contribution in [0.4, 0.5) is 0 Å². The van der Waals surface area contributed by atoms with Crippen LogP contribution in [0.5, 0.6) is 0 Å². The van der Waals surface area contributed by atoms with Gasteiger partial charge in [-0.1, -0.05) is 6.92 Å². The van der Waals surface area contributed by atoms with Gasteiger partial charge in [0.1, 0.15) is 31.0 Å². The number of cyclic esters (lactones) is 1. The summed E-state index contributed by atoms with van der Waals surface area (Å²) in [6.07, 6.45) is -2.10. The number of esters is 1. The summed E-state index contributed by atoms with van der Waals surface area (Å²) in [6, 6.07) is 0. The molecule has 6 fully saturated rings. The smallest absolute Gasteiger partial charge is 0.331 e. The van der Waals surface area contributed by atoms with Crippen LogP contribution in [0.3, 0.4) is 0 Å². The molecule has 7 rings (SSSR count). The van der Waals surface area contributed by atoms with Crippen LogP contribution >= 0.6 is 0 Å². The highest BCUT2D eigenvalue weighted by Gasteiger charge is 2.71. The second-order valence-corrected chi connectivity index (χ2v) is 15.8. The summed E-state index contributed by atoms with van der Waals surface area (Å²) < 4.78 is 28.8. The van der Waals surface area contributed by atoms with Crippen LogP contribution < -0.4 is 0 Å². The van der Waals surface area contributed by atoms with E-state index in [0.717, 1.165) is 24.8 Å². The number of ether oxygens (including phenoxy) is 5. The molecule has 0 spiro atoms. The Morgan fingerprint density at radius 1 is 0.936 bits per heavy atom. The van der Waals surface area contributed by atoms with Gasteiger partial charge in [-0.3, -0.25) is 0 Å². The Hall–Kier alpha value is -1.23. The van der Waals surface area contributed by atoms with Crippen molar-refractivity contribution < 1.29 is 64.2 Å². The maximum Gasteiger partial charge on any atom is 0.331 e. The van der Waals surface area contributed by atoms with Crippen molar-refractivity contribution in [2.45, 2.75) is 145 Å². The number of aliphatic hydroxyl groups is 7. The second kappa shape index (κ2) is 12.2. The van der Waals surface area contributed by atoms with Crippen LogP contribution in [0.1, 0.15) is 78.1 Å². The molecule has 0 aromatic heterocycles. The molecule has 13 heteroatoms. The zero-order valence-electron chi connectivity index (χ0n) is 27.3. The summed E-state index contributed by atoms with van der Waals surface area (Å²) in [5, 5.41) is 76.8. The first-order valence-electron chi connectivity index (χ1n) is 17.5. The molecule has 4 saturated carbocycles. The van der Waals surface area contributed by atoms with Gasteiger partial charge in [0.25, 0.3) is 0 Å². The van der Waals surface area contributed by atoms with Gasteiger partial charge in [0.15, 0.2) is 12.6 Å². The van der Waals surface area contributed by atoms with E-state index in [1.165, 1.54) is 0 Å². The first-order valence-corrected chi connectivity index (χ1v) is 17.5. The quantitative estimate of drug-likeness (QED) is 0.148. The molecule has 0 unspecified atom stereocenters. The lowest BCUT2D eigenvalue weighted by Gasteiger charge is -2.66. The van der Waals surface area contributed by atoms with Gasteiger partial charge in [0, 0.05) is 29.7 Å². The van der Waals surface area contributed by atoms with Crippen molar-refractivity contribution in [2.75, 3.05) is 19.8 Å². The summed E-state index contributed by atoms with van der Waals surface area (Å²) in [5.74, 6) is -0.406. The minimum Gasteiger partial charge on any atom is -0.458 e. The molecule has 0 radical (unpaired) electrons. The van der Waals surface area contributed by atoms with Gasteiger partial charge in [-0.15, -0.1) is 0 Å². The van der Waals surface area contributed by atoms with Gasteiger partial charge in [0.05, 0.1) is 42.7 Å². The number of hydrogen-bond acceptors (Lipinski definition) is 13.